The molecule has 0 saturated heterocycles. The molecule has 0 bridgehead atoms. The van der Waals surface area contributed by atoms with Gasteiger partial charge < -0.3 is 0 Å². The number of nitrogens with zero attached hydrogens (tertiary/aromatic N) is 7. The predicted molar refractivity (Wildman–Crippen MR) is 140 cm³/mol. The number of anilines is 1. The Bertz CT molecular complexity index is 1910. The molecule has 16 heteroatoms. The number of halogens is 1. The summed E-state index contributed by atoms with van der Waals surface area (Å²) in [6, 6.07) is 6.51. The van der Waals surface area contributed by atoms with E-state index in [-0.39, 0.29) is 32.0 Å². The van der Waals surface area contributed by atoms with Crippen molar-refractivity contribution in [1.82, 2.24) is 39.7 Å². The van der Waals surface area contributed by atoms with Gasteiger partial charge in [-0.05, 0) is 26.0 Å². The monoisotopic (exact) mass is 575 g/mol. The molecule has 4 heterocycles. The van der Waals surface area contributed by atoms with Gasteiger partial charge in [-0.25, -0.2) is 26.8 Å². The van der Waals surface area contributed by atoms with Crippen LogP contribution < -0.4 is 4.72 Å². The maximum absolute atomic E-state index is 12.9. The van der Waals surface area contributed by atoms with Crippen LogP contribution in [0, 0.1) is 13.8 Å². The maximum Gasteiger partial charge on any atom is 0.266 e. The summed E-state index contributed by atoms with van der Waals surface area (Å²) in [6.07, 6.45) is 2.96. The zero-order valence-electron chi connectivity index (χ0n) is 20.6. The number of H-pyrrole nitrogens is 1. The van der Waals surface area contributed by atoms with Crippen molar-refractivity contribution in [3.8, 4) is 11.3 Å². The van der Waals surface area contributed by atoms with Crippen molar-refractivity contribution in [2.24, 2.45) is 14.1 Å². The van der Waals surface area contributed by atoms with Crippen LogP contribution >= 0.6 is 11.6 Å². The minimum atomic E-state index is -3.96. The van der Waals surface area contributed by atoms with Gasteiger partial charge >= 0.3 is 0 Å². The van der Waals surface area contributed by atoms with Crippen molar-refractivity contribution in [1.29, 1.82) is 0 Å². The lowest BCUT2D eigenvalue weighted by Crippen LogP contribution is -2.14. The van der Waals surface area contributed by atoms with Gasteiger partial charge in [0, 0.05) is 31.5 Å². The molecule has 5 aromatic rings. The Labute approximate surface area is 222 Å². The van der Waals surface area contributed by atoms with E-state index in [4.69, 9.17) is 11.6 Å². The second-order valence-electron chi connectivity index (χ2n) is 8.65. The van der Waals surface area contributed by atoms with E-state index in [9.17, 15) is 16.8 Å². The number of sulfone groups is 1. The summed E-state index contributed by atoms with van der Waals surface area (Å²) in [7, 11) is -4.42. The van der Waals surface area contributed by atoms with Crippen LogP contribution in [0.4, 0.5) is 5.69 Å². The van der Waals surface area contributed by atoms with Crippen molar-refractivity contribution in [3.05, 3.63) is 58.9 Å². The second-order valence-corrected chi connectivity index (χ2v) is 12.6. The van der Waals surface area contributed by atoms with Crippen LogP contribution in [-0.4, -0.2) is 56.6 Å². The summed E-state index contributed by atoms with van der Waals surface area (Å²) in [5.41, 5.74) is 3.05. The molecular formula is C22H22ClN9O4S2. The fourth-order valence-electron chi connectivity index (χ4n) is 4.07. The van der Waals surface area contributed by atoms with E-state index < -0.39 is 19.9 Å². The van der Waals surface area contributed by atoms with Crippen LogP contribution in [0.25, 0.3) is 22.4 Å². The predicted octanol–water partition coefficient (Wildman–Crippen LogP) is 2.53. The molecule has 4 aromatic heterocycles. The number of hydrogen-bond acceptors (Lipinski definition) is 9. The standard InChI is InChI=1S/C22H22ClN9O4S2/c1-12-18(10-31(3)28-12)37(33,34)11-17-19-22(27-26-17)25-16(9-24-19)14-5-7-15(8-6-14)30-38(35,36)20-13(2)29-32(4)21(20)23/h5-10,30H,11H2,1-4H3,(H,25,26,27). The lowest BCUT2D eigenvalue weighted by Gasteiger charge is -2.09. The average molecular weight is 576 g/mol. The third-order valence-corrected chi connectivity index (χ3v) is 9.59. The molecule has 198 valence electrons. The van der Waals surface area contributed by atoms with E-state index in [1.165, 1.54) is 21.8 Å². The van der Waals surface area contributed by atoms with E-state index in [1.54, 1.807) is 52.2 Å². The van der Waals surface area contributed by atoms with Gasteiger partial charge in [0.25, 0.3) is 10.0 Å². The lowest BCUT2D eigenvalue weighted by atomic mass is 10.1. The number of aromatic amines is 1. The molecule has 0 aliphatic carbocycles. The van der Waals surface area contributed by atoms with Gasteiger partial charge in [-0.3, -0.25) is 19.2 Å². The number of nitrogens with one attached hydrogen (secondary N) is 2. The second kappa shape index (κ2) is 9.18. The number of aryl methyl sites for hydroxylation is 4. The van der Waals surface area contributed by atoms with Gasteiger partial charge in [0.15, 0.2) is 9.84 Å². The molecule has 2 N–H and O–H groups in total. The molecule has 0 unspecified atom stereocenters. The Hall–Kier alpha value is -3.82. The molecule has 0 aliphatic rings. The lowest BCUT2D eigenvalue weighted by molar-refractivity contribution is 0.593. The van der Waals surface area contributed by atoms with E-state index in [2.05, 4.69) is 35.1 Å². The van der Waals surface area contributed by atoms with Crippen LogP contribution in [0.1, 0.15) is 17.1 Å². The molecule has 0 amide bonds. The summed E-state index contributed by atoms with van der Waals surface area (Å²) in [5, 5.41) is 15.0. The highest BCUT2D eigenvalue weighted by molar-refractivity contribution is 7.93. The first-order valence-corrected chi connectivity index (χ1v) is 14.6. The van der Waals surface area contributed by atoms with E-state index in [1.807, 2.05) is 0 Å². The van der Waals surface area contributed by atoms with Gasteiger partial charge in [-0.15, -0.1) is 0 Å². The van der Waals surface area contributed by atoms with E-state index in [0.29, 0.717) is 33.8 Å². The number of aromatic nitrogens is 8. The van der Waals surface area contributed by atoms with Crippen molar-refractivity contribution < 1.29 is 16.8 Å². The van der Waals surface area contributed by atoms with E-state index >= 15 is 0 Å². The molecule has 0 spiro atoms. The Kier molecular flexibility index (Phi) is 6.24. The highest BCUT2D eigenvalue weighted by Crippen LogP contribution is 2.28. The van der Waals surface area contributed by atoms with Crippen LogP contribution in [-0.2, 0) is 39.7 Å². The SMILES string of the molecule is Cc1nn(C)cc1S(=O)(=O)Cc1[nH]nc2nc(-c3ccc(NS(=O)(=O)c4c(C)nn(C)c4Cl)cc3)cnc12. The summed E-state index contributed by atoms with van der Waals surface area (Å²) < 4.78 is 56.7. The normalized spacial score (nSPS) is 12.3. The molecule has 0 saturated carbocycles. The molecule has 1 aromatic carbocycles. The van der Waals surface area contributed by atoms with Crippen molar-refractivity contribution >= 4 is 48.3 Å². The van der Waals surface area contributed by atoms with Crippen LogP contribution in [0.2, 0.25) is 5.15 Å². The Morgan fingerprint density at radius 2 is 1.74 bits per heavy atom. The molecule has 0 aliphatic heterocycles. The highest BCUT2D eigenvalue weighted by Gasteiger charge is 2.26. The molecular weight excluding hydrogens is 554 g/mol. The topological polar surface area (TPSA) is 170 Å². The smallest absolute Gasteiger partial charge is 0.266 e. The summed E-state index contributed by atoms with van der Waals surface area (Å²) >= 11 is 6.11. The van der Waals surface area contributed by atoms with Crippen LogP contribution in [0.15, 0.2) is 46.5 Å². The van der Waals surface area contributed by atoms with Gasteiger partial charge in [0.05, 0.1) is 34.7 Å². The van der Waals surface area contributed by atoms with Gasteiger partial charge in [-0.2, -0.15) is 15.3 Å². The number of fused-ring (bicyclic) bond motifs is 1. The third-order valence-electron chi connectivity index (χ3n) is 5.78. The quantitative estimate of drug-likeness (QED) is 0.296. The zero-order chi connectivity index (χ0) is 27.4. The summed E-state index contributed by atoms with van der Waals surface area (Å²) in [5.74, 6) is -0.334. The van der Waals surface area contributed by atoms with Gasteiger partial charge in [-0.1, -0.05) is 23.7 Å². The number of rotatable bonds is 7. The van der Waals surface area contributed by atoms with Crippen molar-refractivity contribution in [2.75, 3.05) is 4.72 Å². The average Bonchev–Trinajstić information content (AvgIpc) is 3.48. The minimum Gasteiger partial charge on any atom is -0.279 e. The molecule has 13 nitrogen and oxygen atoms in total. The Morgan fingerprint density at radius 1 is 1.03 bits per heavy atom. The fourth-order valence-corrected chi connectivity index (χ4v) is 7.42. The Morgan fingerprint density at radius 3 is 2.34 bits per heavy atom. The van der Waals surface area contributed by atoms with Crippen LogP contribution in [0.5, 0.6) is 0 Å². The molecule has 0 fully saturated rings. The fraction of sp³-hybridized carbons (Fsp3) is 0.227. The van der Waals surface area contributed by atoms with Gasteiger partial charge in [0.1, 0.15) is 20.5 Å². The minimum absolute atomic E-state index is 0.0111. The third kappa shape index (κ3) is 4.63. The molecule has 0 radical (unpaired) electrons. The first-order chi connectivity index (χ1) is 17.9. The first-order valence-electron chi connectivity index (χ1n) is 11.1. The molecule has 5 rings (SSSR count). The molecule has 0 atom stereocenters. The maximum atomic E-state index is 12.9. The summed E-state index contributed by atoms with van der Waals surface area (Å²) in [4.78, 5) is 8.93. The Balaban J connectivity index is 1.37. The molecule has 38 heavy (non-hydrogen) atoms. The number of sulfonamides is 1. The van der Waals surface area contributed by atoms with Crippen molar-refractivity contribution in [3.63, 3.8) is 0 Å². The first kappa shape index (κ1) is 25.8. The van der Waals surface area contributed by atoms with Gasteiger partial charge in [0.2, 0.25) is 5.65 Å². The highest BCUT2D eigenvalue weighted by atomic mass is 35.5. The zero-order valence-corrected chi connectivity index (χ0v) is 23.0. The number of hydrogen-bond donors (Lipinski definition) is 2. The largest absolute Gasteiger partial charge is 0.279 e. The van der Waals surface area contributed by atoms with E-state index in [0.717, 1.165) is 0 Å². The summed E-state index contributed by atoms with van der Waals surface area (Å²) in [6.45, 7) is 3.20. The van der Waals surface area contributed by atoms with Crippen LogP contribution in [0.3, 0.4) is 0 Å². The number of benzene rings is 1. The van der Waals surface area contributed by atoms with Crippen molar-refractivity contribution in [2.45, 2.75) is 29.4 Å².